The van der Waals surface area contributed by atoms with E-state index in [-0.39, 0.29) is 11.7 Å². The molecule has 1 aromatic carbocycles. The molecular formula is C17H19N5O3. The lowest BCUT2D eigenvalue weighted by Gasteiger charge is -2.24. The SMILES string of the molecule is COc1ccc(C2CCOCC2)c2c1CC(NC(=O)c1ncn[nH]1)=N2. The van der Waals surface area contributed by atoms with E-state index < -0.39 is 0 Å². The topological polar surface area (TPSA) is 101 Å². The van der Waals surface area contributed by atoms with E-state index >= 15 is 0 Å². The van der Waals surface area contributed by atoms with E-state index in [0.29, 0.717) is 18.2 Å². The normalized spacial score (nSPS) is 17.1. The zero-order valence-corrected chi connectivity index (χ0v) is 13.9. The Kier molecular flexibility index (Phi) is 4.19. The van der Waals surface area contributed by atoms with Crippen LogP contribution in [0, 0.1) is 0 Å². The molecule has 1 saturated heterocycles. The maximum atomic E-state index is 12.2. The number of carbonyl (C=O) groups is 1. The smallest absolute Gasteiger partial charge is 0.293 e. The molecule has 8 heteroatoms. The van der Waals surface area contributed by atoms with Gasteiger partial charge >= 0.3 is 0 Å². The number of benzene rings is 1. The molecule has 25 heavy (non-hydrogen) atoms. The van der Waals surface area contributed by atoms with Gasteiger partial charge in [0, 0.05) is 25.2 Å². The summed E-state index contributed by atoms with van der Waals surface area (Å²) in [7, 11) is 1.65. The molecule has 3 heterocycles. The largest absolute Gasteiger partial charge is 0.496 e. The Morgan fingerprint density at radius 2 is 2.20 bits per heavy atom. The Labute approximate surface area is 144 Å². The van der Waals surface area contributed by atoms with Crippen LogP contribution in [0.2, 0.25) is 0 Å². The summed E-state index contributed by atoms with van der Waals surface area (Å²) in [4.78, 5) is 20.7. The molecule has 2 aromatic rings. The zero-order chi connectivity index (χ0) is 17.2. The van der Waals surface area contributed by atoms with Crippen LogP contribution in [0.3, 0.4) is 0 Å². The van der Waals surface area contributed by atoms with Crippen molar-refractivity contribution < 1.29 is 14.3 Å². The number of amides is 1. The Morgan fingerprint density at radius 1 is 1.36 bits per heavy atom. The van der Waals surface area contributed by atoms with Gasteiger partial charge in [-0.05, 0) is 30.4 Å². The number of fused-ring (bicyclic) bond motifs is 1. The Balaban J connectivity index is 1.62. The first-order valence-corrected chi connectivity index (χ1v) is 8.28. The molecule has 0 aliphatic carbocycles. The maximum Gasteiger partial charge on any atom is 0.293 e. The summed E-state index contributed by atoms with van der Waals surface area (Å²) in [5.41, 5.74) is 3.13. The molecule has 1 amide bonds. The summed E-state index contributed by atoms with van der Waals surface area (Å²) < 4.78 is 11.0. The lowest BCUT2D eigenvalue weighted by atomic mass is 9.89. The molecule has 1 aromatic heterocycles. The quantitative estimate of drug-likeness (QED) is 0.885. The predicted molar refractivity (Wildman–Crippen MR) is 90.4 cm³/mol. The minimum Gasteiger partial charge on any atom is -0.496 e. The summed E-state index contributed by atoms with van der Waals surface area (Å²) in [5.74, 6) is 1.61. The Bertz CT molecular complexity index is 810. The highest BCUT2D eigenvalue weighted by Gasteiger charge is 2.27. The number of carbonyl (C=O) groups excluding carboxylic acids is 1. The molecule has 0 unspecified atom stereocenters. The number of ether oxygens (including phenoxy) is 2. The molecule has 4 rings (SSSR count). The first-order chi connectivity index (χ1) is 12.3. The first-order valence-electron chi connectivity index (χ1n) is 8.28. The summed E-state index contributed by atoms with van der Waals surface area (Å²) in [6, 6.07) is 4.07. The van der Waals surface area contributed by atoms with Crippen molar-refractivity contribution in [2.24, 2.45) is 4.99 Å². The molecule has 2 N–H and O–H groups in total. The number of hydrogen-bond acceptors (Lipinski definition) is 6. The fourth-order valence-corrected chi connectivity index (χ4v) is 3.39. The summed E-state index contributed by atoms with van der Waals surface area (Å²) in [6.07, 6.45) is 3.78. The van der Waals surface area contributed by atoms with E-state index in [1.807, 2.05) is 6.07 Å². The van der Waals surface area contributed by atoms with Crippen molar-refractivity contribution in [1.82, 2.24) is 20.5 Å². The third kappa shape index (κ3) is 3.00. The number of hydrogen-bond donors (Lipinski definition) is 2. The highest BCUT2D eigenvalue weighted by Crippen LogP contribution is 2.42. The fourth-order valence-electron chi connectivity index (χ4n) is 3.39. The second kappa shape index (κ2) is 6.64. The monoisotopic (exact) mass is 341 g/mol. The van der Waals surface area contributed by atoms with E-state index in [1.54, 1.807) is 7.11 Å². The number of nitrogens with zero attached hydrogens (tertiary/aromatic N) is 3. The van der Waals surface area contributed by atoms with Crippen LogP contribution in [-0.4, -0.2) is 47.2 Å². The van der Waals surface area contributed by atoms with Crippen LogP contribution in [0.25, 0.3) is 0 Å². The van der Waals surface area contributed by atoms with Crippen molar-refractivity contribution in [3.05, 3.63) is 35.4 Å². The average molecular weight is 341 g/mol. The second-order valence-electron chi connectivity index (χ2n) is 6.09. The van der Waals surface area contributed by atoms with Gasteiger partial charge in [0.25, 0.3) is 5.91 Å². The molecule has 0 bridgehead atoms. The van der Waals surface area contributed by atoms with Gasteiger partial charge in [0.15, 0.2) is 0 Å². The molecule has 2 aliphatic heterocycles. The minimum absolute atomic E-state index is 0.162. The second-order valence-corrected chi connectivity index (χ2v) is 6.09. The van der Waals surface area contributed by atoms with Crippen LogP contribution in [0.5, 0.6) is 5.75 Å². The summed E-state index contributed by atoms with van der Waals surface area (Å²) >= 11 is 0. The number of amidine groups is 1. The molecule has 1 fully saturated rings. The average Bonchev–Trinajstić information content (AvgIpc) is 3.31. The van der Waals surface area contributed by atoms with Crippen LogP contribution in [0.15, 0.2) is 23.5 Å². The maximum absolute atomic E-state index is 12.2. The Hall–Kier alpha value is -2.74. The predicted octanol–water partition coefficient (Wildman–Crippen LogP) is 1.72. The van der Waals surface area contributed by atoms with Gasteiger partial charge in [-0.3, -0.25) is 9.89 Å². The summed E-state index contributed by atoms with van der Waals surface area (Å²) in [5, 5.41) is 9.05. The highest BCUT2D eigenvalue weighted by molar-refractivity contribution is 6.08. The third-order valence-electron chi connectivity index (χ3n) is 4.63. The fraction of sp³-hybridized carbons (Fsp3) is 0.412. The van der Waals surface area contributed by atoms with Gasteiger partial charge in [-0.1, -0.05) is 6.07 Å². The van der Waals surface area contributed by atoms with Gasteiger partial charge in [-0.2, -0.15) is 5.10 Å². The third-order valence-corrected chi connectivity index (χ3v) is 4.63. The number of nitrogens with one attached hydrogen (secondary N) is 2. The Morgan fingerprint density at radius 3 is 2.92 bits per heavy atom. The number of methoxy groups -OCH3 is 1. The molecule has 2 aliphatic rings. The van der Waals surface area contributed by atoms with E-state index in [4.69, 9.17) is 9.47 Å². The van der Waals surface area contributed by atoms with Gasteiger partial charge in [0.2, 0.25) is 5.82 Å². The molecule has 0 radical (unpaired) electrons. The van der Waals surface area contributed by atoms with Crippen molar-refractivity contribution in [2.45, 2.75) is 25.2 Å². The van der Waals surface area contributed by atoms with Gasteiger partial charge in [-0.15, -0.1) is 0 Å². The van der Waals surface area contributed by atoms with Gasteiger partial charge in [0.05, 0.1) is 12.8 Å². The van der Waals surface area contributed by atoms with Crippen molar-refractivity contribution >= 4 is 17.4 Å². The van der Waals surface area contributed by atoms with Crippen molar-refractivity contribution in [2.75, 3.05) is 20.3 Å². The van der Waals surface area contributed by atoms with E-state index in [1.165, 1.54) is 11.9 Å². The van der Waals surface area contributed by atoms with E-state index in [2.05, 4.69) is 31.6 Å². The van der Waals surface area contributed by atoms with Gasteiger partial charge < -0.3 is 14.8 Å². The summed E-state index contributed by atoms with van der Waals surface area (Å²) in [6.45, 7) is 1.54. The molecule has 0 spiro atoms. The van der Waals surface area contributed by atoms with Gasteiger partial charge in [-0.25, -0.2) is 9.98 Å². The van der Waals surface area contributed by atoms with Crippen LogP contribution >= 0.6 is 0 Å². The van der Waals surface area contributed by atoms with Crippen molar-refractivity contribution in [3.8, 4) is 5.75 Å². The minimum atomic E-state index is -0.351. The van der Waals surface area contributed by atoms with Crippen LogP contribution in [0.4, 0.5) is 5.69 Å². The number of H-pyrrole nitrogens is 1. The lowest BCUT2D eigenvalue weighted by molar-refractivity contribution is 0.0854. The molecule has 130 valence electrons. The van der Waals surface area contributed by atoms with Crippen LogP contribution in [0.1, 0.15) is 40.5 Å². The van der Waals surface area contributed by atoms with Crippen LogP contribution < -0.4 is 10.1 Å². The number of rotatable bonds is 3. The van der Waals surface area contributed by atoms with Crippen molar-refractivity contribution in [3.63, 3.8) is 0 Å². The standard InChI is InChI=1S/C17H19N5O3/c1-24-13-3-2-11(10-4-6-25-7-5-10)15-12(13)8-14(20-15)21-17(23)16-18-9-19-22-16/h2-3,9-10H,4-8H2,1H3,(H,18,19,22)(H,20,21,23). The zero-order valence-electron chi connectivity index (χ0n) is 13.9. The van der Waals surface area contributed by atoms with Gasteiger partial charge in [0.1, 0.15) is 17.9 Å². The highest BCUT2D eigenvalue weighted by atomic mass is 16.5. The lowest BCUT2D eigenvalue weighted by Crippen LogP contribution is -2.31. The molecule has 8 nitrogen and oxygen atoms in total. The van der Waals surface area contributed by atoms with Crippen molar-refractivity contribution in [1.29, 1.82) is 0 Å². The first kappa shape index (κ1) is 15.8. The number of aromatic nitrogens is 3. The number of aromatic amines is 1. The van der Waals surface area contributed by atoms with E-state index in [9.17, 15) is 4.79 Å². The van der Waals surface area contributed by atoms with E-state index in [0.717, 1.165) is 43.1 Å². The molecular weight excluding hydrogens is 322 g/mol. The van der Waals surface area contributed by atoms with Crippen LogP contribution in [-0.2, 0) is 11.2 Å². The number of aliphatic imine (C=N–C) groups is 1. The molecule has 0 saturated carbocycles. The molecule has 0 atom stereocenters.